The molecule has 1 saturated heterocycles. The summed E-state index contributed by atoms with van der Waals surface area (Å²) in [6, 6.07) is 16.8. The number of hydrogen-bond acceptors (Lipinski definition) is 7. The molecule has 0 spiro atoms. The first-order valence-corrected chi connectivity index (χ1v) is 14.8. The second-order valence-electron chi connectivity index (χ2n) is 11.4. The fourth-order valence-electron chi connectivity index (χ4n) is 5.36. The van der Waals surface area contributed by atoms with Crippen LogP contribution in [0.5, 0.6) is 11.5 Å². The maximum Gasteiger partial charge on any atom is 0.244 e. The lowest BCUT2D eigenvalue weighted by atomic mass is 10.0. The first-order valence-electron chi connectivity index (χ1n) is 14.8. The van der Waals surface area contributed by atoms with E-state index in [1.165, 1.54) is 6.07 Å². The lowest BCUT2D eigenvalue weighted by molar-refractivity contribution is -0.150. The van der Waals surface area contributed by atoms with Crippen molar-refractivity contribution in [3.8, 4) is 22.9 Å². The molecule has 44 heavy (non-hydrogen) atoms. The second-order valence-corrected chi connectivity index (χ2v) is 11.4. The molecule has 0 aliphatic carbocycles. The van der Waals surface area contributed by atoms with Gasteiger partial charge in [0.05, 0.1) is 6.20 Å². The highest BCUT2D eigenvalue weighted by Gasteiger charge is 2.40. The normalized spacial score (nSPS) is 17.0. The maximum atomic E-state index is 15.2. The zero-order valence-corrected chi connectivity index (χ0v) is 25.4. The van der Waals surface area contributed by atoms with Crippen molar-refractivity contribution < 1.29 is 18.7 Å². The number of carbonyl (C=O) groups is 2. The van der Waals surface area contributed by atoms with Crippen molar-refractivity contribution in [3.05, 3.63) is 102 Å². The predicted molar refractivity (Wildman–Crippen MR) is 165 cm³/mol. The summed E-state index contributed by atoms with van der Waals surface area (Å²) < 4.78 is 21.2. The van der Waals surface area contributed by atoms with Gasteiger partial charge in [0, 0.05) is 67.4 Å². The Kier molecular flexibility index (Phi) is 9.59. The molecule has 1 N–H and O–H groups in total. The quantitative estimate of drug-likeness (QED) is 0.285. The highest BCUT2D eigenvalue weighted by atomic mass is 19.1. The Balaban J connectivity index is 1.32. The average Bonchev–Trinajstić information content (AvgIpc) is 3.02. The number of pyridine rings is 1. The molecule has 2 aromatic carbocycles. The maximum absolute atomic E-state index is 15.2. The van der Waals surface area contributed by atoms with E-state index in [2.05, 4.69) is 20.3 Å². The molecule has 0 unspecified atom stereocenters. The number of hydrogen-bond donors (Lipinski definition) is 1. The van der Waals surface area contributed by atoms with Crippen LogP contribution in [0.15, 0.2) is 79.3 Å². The molecule has 1 fully saturated rings. The zero-order chi connectivity index (χ0) is 31.2. The first-order chi connectivity index (χ1) is 21.2. The molecule has 1 aliphatic heterocycles. The van der Waals surface area contributed by atoms with E-state index >= 15 is 4.39 Å². The minimum atomic E-state index is -0.747. The van der Waals surface area contributed by atoms with Crippen LogP contribution in [0.1, 0.15) is 37.6 Å². The molecule has 0 bridgehead atoms. The molecule has 0 radical (unpaired) electrons. The number of aryl methyl sites for hydroxylation is 1. The molecular weight excluding hydrogens is 559 g/mol. The molecule has 5 rings (SSSR count). The summed E-state index contributed by atoms with van der Waals surface area (Å²) in [6.45, 7) is 8.69. The van der Waals surface area contributed by atoms with Gasteiger partial charge in [-0.1, -0.05) is 44.2 Å². The Morgan fingerprint density at radius 1 is 1.00 bits per heavy atom. The van der Waals surface area contributed by atoms with E-state index in [0.29, 0.717) is 36.0 Å². The van der Waals surface area contributed by atoms with Crippen LogP contribution >= 0.6 is 0 Å². The van der Waals surface area contributed by atoms with E-state index in [1.807, 2.05) is 62.9 Å². The molecule has 3 heterocycles. The zero-order valence-electron chi connectivity index (χ0n) is 25.4. The summed E-state index contributed by atoms with van der Waals surface area (Å²) in [4.78, 5) is 43.5. The number of aromatic nitrogens is 3. The summed E-state index contributed by atoms with van der Waals surface area (Å²) in [7, 11) is 0. The van der Waals surface area contributed by atoms with Gasteiger partial charge in [0.15, 0.2) is 5.82 Å². The largest absolute Gasteiger partial charge is 0.455 e. The fraction of sp³-hybridized carbons (Fsp3) is 0.324. The highest BCUT2D eigenvalue weighted by Crippen LogP contribution is 2.30. The number of rotatable bonds is 9. The Morgan fingerprint density at radius 3 is 2.43 bits per heavy atom. The lowest BCUT2D eigenvalue weighted by Gasteiger charge is -2.45. The number of halogens is 1. The SMILES string of the molecule is Cc1ccc(Oc2cccc(F)c2CN2C[C@@H](C)N(C(=O)C(C)C)[C@@H](C(=O)NCc3ccc(-c4ncccn4)cc3)C2)cn1. The third-order valence-electron chi connectivity index (χ3n) is 7.63. The van der Waals surface area contributed by atoms with E-state index in [0.717, 1.165) is 16.8 Å². The van der Waals surface area contributed by atoms with Crippen LogP contribution in [0.4, 0.5) is 4.39 Å². The Bertz CT molecular complexity index is 1580. The van der Waals surface area contributed by atoms with Crippen LogP contribution < -0.4 is 10.1 Å². The topological polar surface area (TPSA) is 101 Å². The molecule has 2 amide bonds. The minimum absolute atomic E-state index is 0.0914. The van der Waals surface area contributed by atoms with Crippen molar-refractivity contribution in [2.45, 2.75) is 52.9 Å². The van der Waals surface area contributed by atoms with Crippen LogP contribution in [0, 0.1) is 18.7 Å². The number of amides is 2. The van der Waals surface area contributed by atoms with Crippen LogP contribution in [-0.4, -0.2) is 61.7 Å². The summed E-state index contributed by atoms with van der Waals surface area (Å²) in [5, 5.41) is 3.02. The van der Waals surface area contributed by atoms with Crippen molar-refractivity contribution in [3.63, 3.8) is 0 Å². The minimum Gasteiger partial charge on any atom is -0.455 e. The molecule has 10 heteroatoms. The number of nitrogens with one attached hydrogen (secondary N) is 1. The monoisotopic (exact) mass is 596 g/mol. The predicted octanol–water partition coefficient (Wildman–Crippen LogP) is 5.15. The molecule has 2 aromatic heterocycles. The van der Waals surface area contributed by atoms with Gasteiger partial charge in [0.2, 0.25) is 11.8 Å². The summed E-state index contributed by atoms with van der Waals surface area (Å²) in [5.74, 6) is 0.483. The van der Waals surface area contributed by atoms with Crippen molar-refractivity contribution in [1.29, 1.82) is 0 Å². The van der Waals surface area contributed by atoms with Crippen molar-refractivity contribution >= 4 is 11.8 Å². The summed E-state index contributed by atoms with van der Waals surface area (Å²) in [5.41, 5.74) is 3.01. The van der Waals surface area contributed by atoms with Crippen LogP contribution in [0.25, 0.3) is 11.4 Å². The van der Waals surface area contributed by atoms with Crippen molar-refractivity contribution in [2.75, 3.05) is 13.1 Å². The number of carbonyl (C=O) groups excluding carboxylic acids is 2. The van der Waals surface area contributed by atoms with Gasteiger partial charge in [0.25, 0.3) is 0 Å². The number of benzene rings is 2. The molecule has 2 atom stereocenters. The van der Waals surface area contributed by atoms with Crippen LogP contribution in [0.3, 0.4) is 0 Å². The van der Waals surface area contributed by atoms with Gasteiger partial charge in [-0.3, -0.25) is 19.5 Å². The fourth-order valence-corrected chi connectivity index (χ4v) is 5.36. The van der Waals surface area contributed by atoms with Crippen LogP contribution in [0.2, 0.25) is 0 Å². The highest BCUT2D eigenvalue weighted by molar-refractivity contribution is 5.89. The van der Waals surface area contributed by atoms with Gasteiger partial charge in [-0.05, 0) is 49.7 Å². The second kappa shape index (κ2) is 13.7. The van der Waals surface area contributed by atoms with Crippen molar-refractivity contribution in [1.82, 2.24) is 30.1 Å². The van der Waals surface area contributed by atoms with E-state index in [-0.39, 0.29) is 36.9 Å². The molecular formula is C34H37FN6O3. The van der Waals surface area contributed by atoms with Gasteiger partial charge < -0.3 is 15.0 Å². The van der Waals surface area contributed by atoms with E-state index < -0.39 is 11.9 Å². The van der Waals surface area contributed by atoms with Crippen LogP contribution in [-0.2, 0) is 22.7 Å². The molecule has 1 aliphatic rings. The number of nitrogens with zero attached hydrogens (tertiary/aromatic N) is 5. The van der Waals surface area contributed by atoms with E-state index in [9.17, 15) is 9.59 Å². The molecule has 4 aromatic rings. The molecule has 9 nitrogen and oxygen atoms in total. The van der Waals surface area contributed by atoms with Gasteiger partial charge in [-0.25, -0.2) is 14.4 Å². The van der Waals surface area contributed by atoms with Crippen molar-refractivity contribution in [2.24, 2.45) is 5.92 Å². The average molecular weight is 597 g/mol. The number of ether oxygens (including phenoxy) is 1. The first kappa shape index (κ1) is 30.7. The molecule has 228 valence electrons. The smallest absolute Gasteiger partial charge is 0.244 e. The Morgan fingerprint density at radius 2 is 1.75 bits per heavy atom. The van der Waals surface area contributed by atoms with Gasteiger partial charge in [-0.15, -0.1) is 0 Å². The lowest BCUT2D eigenvalue weighted by Crippen LogP contribution is -2.64. The molecule has 0 saturated carbocycles. The summed E-state index contributed by atoms with van der Waals surface area (Å²) in [6.07, 6.45) is 4.99. The number of piperazine rings is 1. The Labute approximate surface area is 257 Å². The van der Waals surface area contributed by atoms with Gasteiger partial charge >= 0.3 is 0 Å². The van der Waals surface area contributed by atoms with E-state index in [4.69, 9.17) is 4.74 Å². The summed E-state index contributed by atoms with van der Waals surface area (Å²) >= 11 is 0. The Hall–Kier alpha value is -4.70. The third-order valence-corrected chi connectivity index (χ3v) is 7.63. The standard InChI is InChI=1S/C34H37FN6O3/c1-22(2)34(43)41-24(4)19-40(20-28-29(35)7-5-8-31(28)44-27-14-9-23(3)38-18-27)21-30(41)33(42)39-17-25-10-12-26(13-11-25)32-36-15-6-16-37-32/h5-16,18,22,24,30H,17,19-21H2,1-4H3,(H,39,42)/t24-,30-/m1/s1. The van der Waals surface area contributed by atoms with Gasteiger partial charge in [-0.2, -0.15) is 0 Å². The third kappa shape index (κ3) is 7.26. The van der Waals surface area contributed by atoms with E-state index in [1.54, 1.807) is 47.8 Å². The van der Waals surface area contributed by atoms with Gasteiger partial charge in [0.1, 0.15) is 23.4 Å².